The van der Waals surface area contributed by atoms with Gasteiger partial charge in [0.15, 0.2) is 0 Å². The first kappa shape index (κ1) is 19.3. The SMILES string of the molecule is Fc1ccc([CH2][Sn]([Cl])([CH2]c2ccc(F)cc2)[CH2]c2ccc(F)cc2)cc1. The molecule has 0 amide bonds. The average Bonchev–Trinajstić information content (AvgIpc) is 2.61. The van der Waals surface area contributed by atoms with Gasteiger partial charge in [0.2, 0.25) is 0 Å². The molecule has 26 heavy (non-hydrogen) atoms. The second kappa shape index (κ2) is 8.49. The van der Waals surface area contributed by atoms with E-state index in [1.54, 1.807) is 36.4 Å². The van der Waals surface area contributed by atoms with Gasteiger partial charge in [-0.15, -0.1) is 0 Å². The summed E-state index contributed by atoms with van der Waals surface area (Å²) >= 11 is -3.30. The standard InChI is InChI=1S/3C7H6F.ClH.Sn/c3*1-6-2-4-7(8)5-3-6;;/h3*2-5H,1H2;1H;/q;;;;+1/p-1. The van der Waals surface area contributed by atoms with Crippen LogP contribution in [-0.4, -0.2) is 17.3 Å². The van der Waals surface area contributed by atoms with E-state index in [0.717, 1.165) is 16.7 Å². The maximum atomic E-state index is 13.2. The van der Waals surface area contributed by atoms with Crippen molar-refractivity contribution in [1.29, 1.82) is 0 Å². The Balaban J connectivity index is 1.86. The molecule has 0 atom stereocenters. The van der Waals surface area contributed by atoms with Crippen LogP contribution in [0, 0.1) is 17.5 Å². The molecule has 0 heterocycles. The van der Waals surface area contributed by atoms with E-state index in [2.05, 4.69) is 0 Å². The Bertz CT molecular complexity index is 730. The fourth-order valence-electron chi connectivity index (χ4n) is 3.09. The second-order valence-corrected chi connectivity index (χ2v) is 21.5. The molecular formula is C21H18ClF3Sn. The van der Waals surface area contributed by atoms with Gasteiger partial charge >= 0.3 is 160 Å². The molecule has 3 rings (SSSR count). The summed E-state index contributed by atoms with van der Waals surface area (Å²) < 4.78 is 41.7. The van der Waals surface area contributed by atoms with Gasteiger partial charge in [-0.1, -0.05) is 0 Å². The fourth-order valence-corrected chi connectivity index (χ4v) is 15.6. The van der Waals surface area contributed by atoms with Crippen molar-refractivity contribution >= 4 is 26.2 Å². The monoisotopic (exact) mass is 482 g/mol. The van der Waals surface area contributed by atoms with Gasteiger partial charge in [-0.05, 0) is 0 Å². The molecule has 0 radical (unpaired) electrons. The van der Waals surface area contributed by atoms with Crippen LogP contribution in [0.4, 0.5) is 13.2 Å². The topological polar surface area (TPSA) is 0 Å². The van der Waals surface area contributed by atoms with E-state index >= 15 is 0 Å². The maximum absolute atomic E-state index is 13.2. The molecule has 0 aliphatic heterocycles. The van der Waals surface area contributed by atoms with Gasteiger partial charge in [0.05, 0.1) is 0 Å². The Hall–Kier alpha value is -1.46. The van der Waals surface area contributed by atoms with Crippen LogP contribution in [-0.2, 0) is 13.3 Å². The average molecular weight is 482 g/mol. The van der Waals surface area contributed by atoms with Crippen LogP contribution in [0.3, 0.4) is 0 Å². The third-order valence-corrected chi connectivity index (χ3v) is 15.9. The Labute approximate surface area is 159 Å². The summed E-state index contributed by atoms with van der Waals surface area (Å²) in [6.07, 6.45) is 0. The zero-order chi connectivity index (χ0) is 18.6. The minimum atomic E-state index is -3.30. The Morgan fingerprint density at radius 2 is 0.731 bits per heavy atom. The van der Waals surface area contributed by atoms with Crippen molar-refractivity contribution in [2.75, 3.05) is 0 Å². The zero-order valence-corrected chi connectivity index (χ0v) is 17.7. The van der Waals surface area contributed by atoms with Gasteiger partial charge in [-0.2, -0.15) is 0 Å². The van der Waals surface area contributed by atoms with Crippen LogP contribution in [0.5, 0.6) is 0 Å². The van der Waals surface area contributed by atoms with Crippen molar-refractivity contribution in [3.8, 4) is 0 Å². The summed E-state index contributed by atoms with van der Waals surface area (Å²) in [6.45, 7) is 0. The summed E-state index contributed by atoms with van der Waals surface area (Å²) in [5, 5.41) is 0. The minimum absolute atomic E-state index is 0.277. The molecule has 0 fully saturated rings. The van der Waals surface area contributed by atoms with E-state index < -0.39 is 17.3 Å². The van der Waals surface area contributed by atoms with E-state index in [-0.39, 0.29) is 17.5 Å². The van der Waals surface area contributed by atoms with Crippen molar-refractivity contribution in [2.24, 2.45) is 0 Å². The Kier molecular flexibility index (Phi) is 6.30. The van der Waals surface area contributed by atoms with Crippen LogP contribution in [0.25, 0.3) is 0 Å². The molecule has 134 valence electrons. The third kappa shape index (κ3) is 5.52. The Morgan fingerprint density at radius 3 is 0.962 bits per heavy atom. The van der Waals surface area contributed by atoms with E-state index in [1.165, 1.54) is 36.4 Å². The molecular weight excluding hydrogens is 463 g/mol. The van der Waals surface area contributed by atoms with Crippen molar-refractivity contribution < 1.29 is 13.2 Å². The van der Waals surface area contributed by atoms with Crippen molar-refractivity contribution in [1.82, 2.24) is 0 Å². The first-order valence-electron chi connectivity index (χ1n) is 8.34. The summed E-state index contributed by atoms with van der Waals surface area (Å²) in [5.74, 6) is -0.830. The van der Waals surface area contributed by atoms with Crippen molar-refractivity contribution in [3.63, 3.8) is 0 Å². The van der Waals surface area contributed by atoms with Gasteiger partial charge in [-0.25, -0.2) is 0 Å². The van der Waals surface area contributed by atoms with Gasteiger partial charge in [0, 0.05) is 0 Å². The molecule has 3 aromatic rings. The van der Waals surface area contributed by atoms with E-state index in [1.807, 2.05) is 0 Å². The van der Waals surface area contributed by atoms with Crippen LogP contribution in [0.1, 0.15) is 16.7 Å². The first-order valence-corrected chi connectivity index (χ1v) is 18.0. The van der Waals surface area contributed by atoms with E-state index in [0.29, 0.717) is 13.3 Å². The van der Waals surface area contributed by atoms with Crippen molar-refractivity contribution in [3.05, 3.63) is 107 Å². The molecule has 3 aromatic carbocycles. The van der Waals surface area contributed by atoms with Crippen LogP contribution < -0.4 is 0 Å². The molecule has 0 saturated heterocycles. The van der Waals surface area contributed by atoms with Gasteiger partial charge < -0.3 is 0 Å². The molecule has 0 spiro atoms. The number of hydrogen-bond acceptors (Lipinski definition) is 0. The summed E-state index contributed by atoms with van der Waals surface area (Å²) in [7, 11) is 7.19. The number of hydrogen-bond donors (Lipinski definition) is 0. The van der Waals surface area contributed by atoms with Crippen LogP contribution >= 0.6 is 8.92 Å². The molecule has 0 aliphatic carbocycles. The Morgan fingerprint density at radius 1 is 0.500 bits per heavy atom. The molecule has 0 aromatic heterocycles. The van der Waals surface area contributed by atoms with Crippen LogP contribution in [0.2, 0.25) is 0 Å². The summed E-state index contributed by atoms with van der Waals surface area (Å²) in [6, 6.07) is 19.2. The second-order valence-electron chi connectivity index (χ2n) is 6.56. The van der Waals surface area contributed by atoms with E-state index in [9.17, 15) is 13.2 Å². The molecule has 0 unspecified atom stereocenters. The first-order chi connectivity index (χ1) is 12.4. The number of rotatable bonds is 6. The predicted molar refractivity (Wildman–Crippen MR) is 102 cm³/mol. The summed E-state index contributed by atoms with van der Waals surface area (Å²) in [4.78, 5) is 0. The molecule has 0 N–H and O–H groups in total. The number of halogens is 4. The van der Waals surface area contributed by atoms with E-state index in [4.69, 9.17) is 8.92 Å². The third-order valence-electron chi connectivity index (χ3n) is 4.30. The predicted octanol–water partition coefficient (Wildman–Crippen LogP) is 5.93. The number of benzene rings is 3. The molecule has 0 bridgehead atoms. The molecule has 0 saturated carbocycles. The molecule has 5 heteroatoms. The molecule has 0 aliphatic rings. The summed E-state index contributed by atoms with van der Waals surface area (Å²) in [5.41, 5.74) is 3.00. The fraction of sp³-hybridized carbons (Fsp3) is 0.143. The van der Waals surface area contributed by atoms with Gasteiger partial charge in [0.1, 0.15) is 0 Å². The quantitative estimate of drug-likeness (QED) is 0.383. The van der Waals surface area contributed by atoms with Crippen molar-refractivity contribution in [2.45, 2.75) is 13.3 Å². The normalized spacial score (nSPS) is 11.5. The zero-order valence-electron chi connectivity index (χ0n) is 14.1. The van der Waals surface area contributed by atoms with Crippen LogP contribution in [0.15, 0.2) is 72.8 Å². The van der Waals surface area contributed by atoms with Gasteiger partial charge in [0.25, 0.3) is 0 Å². The van der Waals surface area contributed by atoms with Gasteiger partial charge in [-0.3, -0.25) is 0 Å². The molecule has 0 nitrogen and oxygen atoms in total.